The monoisotopic (exact) mass is 531 g/mol. The number of alkyl halides is 6. The van der Waals surface area contributed by atoms with Crippen LogP contribution in [0.25, 0.3) is 10.8 Å². The third kappa shape index (κ3) is 5.54. The second-order valence-corrected chi connectivity index (χ2v) is 10.9. The smallest absolute Gasteiger partial charge is 0.420 e. The lowest BCUT2D eigenvalue weighted by molar-refractivity contribution is -0.185. The minimum Gasteiger partial charge on any atom is -0.490 e. The number of carboxylic acids is 1. The van der Waals surface area contributed by atoms with Crippen molar-refractivity contribution in [3.05, 3.63) is 41.5 Å². The van der Waals surface area contributed by atoms with Crippen LogP contribution in [0, 0.1) is 17.3 Å². The Morgan fingerprint density at radius 1 is 1.05 bits per heavy atom. The average Bonchev–Trinajstić information content (AvgIpc) is 2.79. The molecular formula is C27H31F6NO3. The van der Waals surface area contributed by atoms with E-state index in [1.165, 1.54) is 18.2 Å². The number of fused-ring (bicyclic) bond motifs is 1. The molecule has 0 radical (unpaired) electrons. The van der Waals surface area contributed by atoms with Crippen LogP contribution in [0.3, 0.4) is 0 Å². The van der Waals surface area contributed by atoms with E-state index in [4.69, 9.17) is 4.74 Å². The molecule has 0 heterocycles. The summed E-state index contributed by atoms with van der Waals surface area (Å²) < 4.78 is 87.4. The van der Waals surface area contributed by atoms with Gasteiger partial charge >= 0.3 is 18.3 Å². The van der Waals surface area contributed by atoms with Gasteiger partial charge in [-0.3, -0.25) is 4.79 Å². The molecule has 2 aromatic carbocycles. The molecule has 2 aromatic rings. The van der Waals surface area contributed by atoms with Crippen LogP contribution in [0.2, 0.25) is 0 Å². The molecule has 2 aliphatic rings. The number of rotatable bonds is 6. The zero-order valence-corrected chi connectivity index (χ0v) is 20.8. The van der Waals surface area contributed by atoms with Crippen molar-refractivity contribution in [1.29, 1.82) is 0 Å². The highest BCUT2D eigenvalue weighted by Gasteiger charge is 2.52. The molecule has 10 heteroatoms. The first-order valence-corrected chi connectivity index (χ1v) is 12.4. The molecule has 0 saturated heterocycles. The minimum absolute atomic E-state index is 0.0367. The summed E-state index contributed by atoms with van der Waals surface area (Å²) in [6.45, 7) is 5.53. The number of halogens is 6. The number of nitrogens with one attached hydrogen (secondary N) is 1. The van der Waals surface area contributed by atoms with Gasteiger partial charge in [0.1, 0.15) is 11.3 Å². The number of benzene rings is 2. The Labute approximate surface area is 211 Å². The topological polar surface area (TPSA) is 58.6 Å². The summed E-state index contributed by atoms with van der Waals surface area (Å²) in [7, 11) is 0. The fourth-order valence-corrected chi connectivity index (χ4v) is 5.69. The van der Waals surface area contributed by atoms with Gasteiger partial charge in [0, 0.05) is 12.1 Å². The maximum absolute atomic E-state index is 14.3. The Morgan fingerprint density at radius 2 is 1.68 bits per heavy atom. The van der Waals surface area contributed by atoms with Crippen LogP contribution < -0.4 is 10.1 Å². The van der Waals surface area contributed by atoms with Crippen LogP contribution in [0.15, 0.2) is 30.3 Å². The van der Waals surface area contributed by atoms with Gasteiger partial charge < -0.3 is 15.2 Å². The number of carbonyl (C=O) groups is 1. The summed E-state index contributed by atoms with van der Waals surface area (Å²) in [5.74, 6) is -3.18. The summed E-state index contributed by atoms with van der Waals surface area (Å²) >= 11 is 0. The molecule has 3 atom stereocenters. The first kappa shape index (κ1) is 27.5. The molecule has 0 aromatic heterocycles. The van der Waals surface area contributed by atoms with Gasteiger partial charge in [-0.15, -0.1) is 0 Å². The third-order valence-corrected chi connectivity index (χ3v) is 8.24. The Bertz CT molecular complexity index is 1150. The van der Waals surface area contributed by atoms with E-state index in [0.29, 0.717) is 17.4 Å². The number of carboxylic acid groups (broad SMARTS) is 1. The van der Waals surface area contributed by atoms with Crippen LogP contribution in [0.5, 0.6) is 5.75 Å². The second-order valence-electron chi connectivity index (χ2n) is 10.9. The molecule has 0 bridgehead atoms. The van der Waals surface area contributed by atoms with Gasteiger partial charge in [0.15, 0.2) is 0 Å². The Morgan fingerprint density at radius 3 is 2.22 bits per heavy atom. The average molecular weight is 532 g/mol. The van der Waals surface area contributed by atoms with E-state index in [9.17, 15) is 36.2 Å². The van der Waals surface area contributed by atoms with Crippen LogP contribution in [-0.2, 0) is 11.0 Å². The molecule has 2 N–H and O–H groups in total. The highest BCUT2D eigenvalue weighted by Crippen LogP contribution is 2.48. The van der Waals surface area contributed by atoms with Crippen LogP contribution in [0.4, 0.5) is 26.3 Å². The van der Waals surface area contributed by atoms with Crippen molar-refractivity contribution < 1.29 is 41.0 Å². The largest absolute Gasteiger partial charge is 0.490 e. The highest BCUT2D eigenvalue weighted by molar-refractivity contribution is 5.89. The van der Waals surface area contributed by atoms with Crippen molar-refractivity contribution in [2.24, 2.45) is 17.3 Å². The van der Waals surface area contributed by atoms with E-state index in [0.717, 1.165) is 0 Å². The van der Waals surface area contributed by atoms with E-state index >= 15 is 0 Å². The molecule has 2 aliphatic carbocycles. The van der Waals surface area contributed by atoms with Crippen LogP contribution in [-0.4, -0.2) is 29.4 Å². The first-order chi connectivity index (χ1) is 17.1. The van der Waals surface area contributed by atoms with Crippen LogP contribution in [0.1, 0.15) is 70.0 Å². The molecule has 0 amide bonds. The second kappa shape index (κ2) is 9.67. The summed E-state index contributed by atoms with van der Waals surface area (Å²) in [5.41, 5.74) is -0.831. The summed E-state index contributed by atoms with van der Waals surface area (Å²) in [5, 5.41) is 13.0. The molecular weight excluding hydrogens is 500 g/mol. The maximum Gasteiger partial charge on any atom is 0.420 e. The lowest BCUT2D eigenvalue weighted by atomic mass is 9.58. The molecule has 2 saturated carbocycles. The van der Waals surface area contributed by atoms with Gasteiger partial charge in [-0.25, -0.2) is 0 Å². The van der Waals surface area contributed by atoms with Gasteiger partial charge in [-0.2, -0.15) is 26.3 Å². The molecule has 37 heavy (non-hydrogen) atoms. The number of aliphatic carboxylic acids is 1. The fourth-order valence-electron chi connectivity index (χ4n) is 5.69. The molecule has 4 nitrogen and oxygen atoms in total. The number of ether oxygens (including phenoxy) is 1. The van der Waals surface area contributed by atoms with Crippen molar-refractivity contribution in [2.45, 2.75) is 83.4 Å². The molecule has 2 fully saturated rings. The van der Waals surface area contributed by atoms with Crippen molar-refractivity contribution in [3.8, 4) is 5.75 Å². The van der Waals surface area contributed by atoms with E-state index in [1.54, 1.807) is 12.1 Å². The van der Waals surface area contributed by atoms with Crippen molar-refractivity contribution in [1.82, 2.24) is 5.32 Å². The molecule has 204 valence electrons. The Hall–Kier alpha value is -2.49. The van der Waals surface area contributed by atoms with E-state index < -0.39 is 47.2 Å². The SMILES string of the molecule is C[C@@H](N[C@@H]1C[C@H](C(=O)O)C1(C)C)c1ccc2ccc(OC3CCC(C(F)(F)F)CC3)c(C(F)(F)F)c2c1. The molecule has 0 aliphatic heterocycles. The Balaban J connectivity index is 1.58. The maximum atomic E-state index is 14.3. The Kier molecular flexibility index (Phi) is 7.20. The fraction of sp³-hybridized carbons (Fsp3) is 0.593. The van der Waals surface area contributed by atoms with E-state index in [2.05, 4.69) is 5.32 Å². The van der Waals surface area contributed by atoms with Gasteiger partial charge in [0.05, 0.1) is 17.9 Å². The first-order valence-electron chi connectivity index (χ1n) is 12.4. The number of hydrogen-bond acceptors (Lipinski definition) is 3. The van der Waals surface area contributed by atoms with Crippen molar-refractivity contribution >= 4 is 16.7 Å². The van der Waals surface area contributed by atoms with Crippen molar-refractivity contribution in [2.75, 3.05) is 0 Å². The predicted molar refractivity (Wildman–Crippen MR) is 126 cm³/mol. The van der Waals surface area contributed by atoms with E-state index in [-0.39, 0.29) is 48.9 Å². The quantitative estimate of drug-likeness (QED) is 0.379. The van der Waals surface area contributed by atoms with E-state index in [1.807, 2.05) is 20.8 Å². The lowest BCUT2D eigenvalue weighted by Crippen LogP contribution is -2.59. The standard InChI is InChI=1S/C27H31F6NO3/c1-14(34-22-13-20(24(35)36)25(22,2)3)16-5-4-15-6-11-21(23(19(15)12-16)27(31,32)33)37-18-9-7-17(8-10-18)26(28,29)30/h4-6,11-12,14,17-18,20,22,34H,7-10,13H2,1-3H3,(H,35,36)/t14-,17?,18?,20-,22-/m1/s1. The van der Waals surface area contributed by atoms with Crippen LogP contribution >= 0.6 is 0 Å². The zero-order valence-electron chi connectivity index (χ0n) is 20.8. The zero-order chi connectivity index (χ0) is 27.3. The van der Waals surface area contributed by atoms with Gasteiger partial charge in [0.25, 0.3) is 0 Å². The summed E-state index contributed by atoms with van der Waals surface area (Å²) in [6.07, 6.45) is -9.60. The molecule has 0 spiro atoms. The lowest BCUT2D eigenvalue weighted by Gasteiger charge is -2.51. The normalized spacial score (nSPS) is 26.9. The number of hydrogen-bond donors (Lipinski definition) is 2. The van der Waals surface area contributed by atoms with Gasteiger partial charge in [-0.1, -0.05) is 32.0 Å². The highest BCUT2D eigenvalue weighted by atomic mass is 19.4. The van der Waals surface area contributed by atoms with Gasteiger partial charge in [-0.05, 0) is 72.9 Å². The summed E-state index contributed by atoms with van der Waals surface area (Å²) in [4.78, 5) is 11.4. The minimum atomic E-state index is -4.74. The predicted octanol–water partition coefficient (Wildman–Crippen LogP) is 7.51. The summed E-state index contributed by atoms with van der Waals surface area (Å²) in [6, 6.07) is 7.11. The third-order valence-electron chi connectivity index (χ3n) is 8.24. The van der Waals surface area contributed by atoms with Crippen molar-refractivity contribution in [3.63, 3.8) is 0 Å². The van der Waals surface area contributed by atoms with Gasteiger partial charge in [0.2, 0.25) is 0 Å². The molecule has 0 unspecified atom stereocenters. The molecule has 4 rings (SSSR count).